The Morgan fingerprint density at radius 1 is 1.38 bits per heavy atom. The molecule has 0 spiro atoms. The van der Waals surface area contributed by atoms with E-state index in [9.17, 15) is 0 Å². The van der Waals surface area contributed by atoms with Gasteiger partial charge < -0.3 is 5.73 Å². The Bertz CT molecular complexity index is 290. The second-order valence-electron chi connectivity index (χ2n) is 2.72. The smallest absolute Gasteiger partial charge is 0.159 e. The summed E-state index contributed by atoms with van der Waals surface area (Å²) in [5.41, 5.74) is 7.82. The number of rotatable bonds is 2. The first-order chi connectivity index (χ1) is 6.22. The van der Waals surface area contributed by atoms with Gasteiger partial charge in [0.05, 0.1) is 5.69 Å². The molecule has 0 amide bonds. The molecule has 2 N–H and O–H groups in total. The molecule has 0 heterocycles. The summed E-state index contributed by atoms with van der Waals surface area (Å²) in [6, 6.07) is 8.00. The van der Waals surface area contributed by atoms with E-state index in [1.807, 2.05) is 24.3 Å². The molecule has 0 aliphatic heterocycles. The van der Waals surface area contributed by atoms with E-state index in [-0.39, 0.29) is 0 Å². The molecule has 2 nitrogen and oxygen atoms in total. The predicted molar refractivity (Wildman–Crippen MR) is 60.6 cm³/mol. The van der Waals surface area contributed by atoms with Crippen LogP contribution in [0, 0.1) is 6.92 Å². The zero-order valence-corrected chi connectivity index (χ0v) is 8.77. The molecule has 0 bridgehead atoms. The van der Waals surface area contributed by atoms with Gasteiger partial charge in [0.25, 0.3) is 0 Å². The number of aliphatic imine (C=N–C) groups is 1. The SMILES string of the molecule is CCSC(N)=Nc1ccc(C)cc1. The summed E-state index contributed by atoms with van der Waals surface area (Å²) in [6.45, 7) is 4.11. The number of benzene rings is 1. The Balaban J connectivity index is 2.73. The molecule has 0 unspecified atom stereocenters. The molecule has 1 aromatic rings. The topological polar surface area (TPSA) is 38.4 Å². The monoisotopic (exact) mass is 194 g/mol. The average Bonchev–Trinajstić information content (AvgIpc) is 2.09. The Morgan fingerprint density at radius 3 is 2.54 bits per heavy atom. The van der Waals surface area contributed by atoms with E-state index in [1.165, 1.54) is 5.56 Å². The van der Waals surface area contributed by atoms with Gasteiger partial charge in [0.1, 0.15) is 0 Å². The minimum Gasteiger partial charge on any atom is -0.378 e. The third kappa shape index (κ3) is 3.51. The lowest BCUT2D eigenvalue weighted by Crippen LogP contribution is -2.05. The van der Waals surface area contributed by atoms with E-state index in [2.05, 4.69) is 18.8 Å². The Kier molecular flexibility index (Phi) is 3.83. The minimum absolute atomic E-state index is 0.631. The number of hydrogen-bond acceptors (Lipinski definition) is 2. The molecule has 0 aliphatic carbocycles. The fourth-order valence-corrected chi connectivity index (χ4v) is 1.39. The first kappa shape index (κ1) is 10.1. The zero-order chi connectivity index (χ0) is 9.68. The number of nitrogens with two attached hydrogens (primary N) is 1. The lowest BCUT2D eigenvalue weighted by molar-refractivity contribution is 1.43. The van der Waals surface area contributed by atoms with E-state index >= 15 is 0 Å². The van der Waals surface area contributed by atoms with Crippen molar-refractivity contribution in [2.24, 2.45) is 10.7 Å². The predicted octanol–water partition coefficient (Wildman–Crippen LogP) is 2.69. The van der Waals surface area contributed by atoms with Crippen molar-refractivity contribution in [3.05, 3.63) is 29.8 Å². The van der Waals surface area contributed by atoms with Crippen LogP contribution in [0.2, 0.25) is 0 Å². The number of aryl methyl sites for hydroxylation is 1. The van der Waals surface area contributed by atoms with Crippen molar-refractivity contribution >= 4 is 22.6 Å². The Hall–Kier alpha value is -0.960. The molecule has 0 aliphatic rings. The van der Waals surface area contributed by atoms with Gasteiger partial charge in [0.15, 0.2) is 5.17 Å². The van der Waals surface area contributed by atoms with Gasteiger partial charge in [-0.2, -0.15) is 0 Å². The van der Waals surface area contributed by atoms with E-state index in [1.54, 1.807) is 11.8 Å². The molecular formula is C10H14N2S. The summed E-state index contributed by atoms with van der Waals surface area (Å²) < 4.78 is 0. The summed E-state index contributed by atoms with van der Waals surface area (Å²) >= 11 is 1.56. The van der Waals surface area contributed by atoms with E-state index in [0.29, 0.717) is 5.17 Å². The van der Waals surface area contributed by atoms with Crippen molar-refractivity contribution in [2.45, 2.75) is 13.8 Å². The van der Waals surface area contributed by atoms with Gasteiger partial charge >= 0.3 is 0 Å². The standard InChI is InChI=1S/C10H14N2S/c1-3-13-10(11)12-9-6-4-8(2)5-7-9/h4-7H,3H2,1-2H3,(H2,11,12). The zero-order valence-electron chi connectivity index (χ0n) is 7.95. The number of thioether (sulfide) groups is 1. The van der Waals surface area contributed by atoms with Gasteiger partial charge in [-0.15, -0.1) is 0 Å². The van der Waals surface area contributed by atoms with Gasteiger partial charge in [-0.05, 0) is 24.8 Å². The maximum absolute atomic E-state index is 5.67. The van der Waals surface area contributed by atoms with Crippen molar-refractivity contribution in [1.82, 2.24) is 0 Å². The summed E-state index contributed by atoms with van der Waals surface area (Å²) in [4.78, 5) is 4.25. The summed E-state index contributed by atoms with van der Waals surface area (Å²) in [5, 5.41) is 0.631. The van der Waals surface area contributed by atoms with Gasteiger partial charge in [0, 0.05) is 0 Å². The second kappa shape index (κ2) is 4.92. The normalized spacial score (nSPS) is 11.7. The molecule has 1 aromatic carbocycles. The molecule has 0 radical (unpaired) electrons. The highest BCUT2D eigenvalue weighted by atomic mass is 32.2. The summed E-state index contributed by atoms with van der Waals surface area (Å²) in [6.07, 6.45) is 0. The fourth-order valence-electron chi connectivity index (χ4n) is 0.927. The van der Waals surface area contributed by atoms with Crippen molar-refractivity contribution in [2.75, 3.05) is 5.75 Å². The van der Waals surface area contributed by atoms with Crippen LogP contribution in [0.4, 0.5) is 5.69 Å². The van der Waals surface area contributed by atoms with Crippen LogP contribution in [-0.4, -0.2) is 10.9 Å². The van der Waals surface area contributed by atoms with Crippen LogP contribution in [-0.2, 0) is 0 Å². The largest absolute Gasteiger partial charge is 0.378 e. The summed E-state index contributed by atoms with van der Waals surface area (Å²) in [7, 11) is 0. The number of nitrogens with zero attached hydrogens (tertiary/aromatic N) is 1. The number of hydrogen-bond donors (Lipinski definition) is 1. The highest BCUT2D eigenvalue weighted by Gasteiger charge is 1.92. The minimum atomic E-state index is 0.631. The van der Waals surface area contributed by atoms with Gasteiger partial charge in [-0.1, -0.05) is 36.4 Å². The third-order valence-electron chi connectivity index (χ3n) is 1.57. The third-order valence-corrected chi connectivity index (χ3v) is 2.24. The van der Waals surface area contributed by atoms with Crippen LogP contribution < -0.4 is 5.73 Å². The second-order valence-corrected chi connectivity index (χ2v) is 4.00. The first-order valence-corrected chi connectivity index (χ1v) is 5.24. The highest BCUT2D eigenvalue weighted by Crippen LogP contribution is 2.14. The molecule has 0 saturated heterocycles. The Morgan fingerprint density at radius 2 is 2.00 bits per heavy atom. The van der Waals surface area contributed by atoms with Crippen molar-refractivity contribution in [3.8, 4) is 0 Å². The van der Waals surface area contributed by atoms with Gasteiger partial charge in [-0.3, -0.25) is 0 Å². The molecule has 0 aromatic heterocycles. The molecular weight excluding hydrogens is 180 g/mol. The number of amidine groups is 1. The van der Waals surface area contributed by atoms with Crippen LogP contribution in [0.15, 0.2) is 29.3 Å². The van der Waals surface area contributed by atoms with Crippen LogP contribution in [0.3, 0.4) is 0 Å². The first-order valence-electron chi connectivity index (χ1n) is 4.26. The molecule has 13 heavy (non-hydrogen) atoms. The summed E-state index contributed by atoms with van der Waals surface area (Å²) in [5.74, 6) is 0.960. The van der Waals surface area contributed by atoms with E-state index < -0.39 is 0 Å². The molecule has 3 heteroatoms. The molecule has 70 valence electrons. The Labute approximate surface area is 83.2 Å². The van der Waals surface area contributed by atoms with Gasteiger partial charge in [0.2, 0.25) is 0 Å². The molecule has 1 rings (SSSR count). The van der Waals surface area contributed by atoms with E-state index in [0.717, 1.165) is 11.4 Å². The van der Waals surface area contributed by atoms with Crippen LogP contribution in [0.5, 0.6) is 0 Å². The molecule has 0 fully saturated rings. The van der Waals surface area contributed by atoms with E-state index in [4.69, 9.17) is 5.73 Å². The van der Waals surface area contributed by atoms with Crippen LogP contribution in [0.25, 0.3) is 0 Å². The lowest BCUT2D eigenvalue weighted by atomic mass is 10.2. The quantitative estimate of drug-likeness (QED) is 0.580. The maximum Gasteiger partial charge on any atom is 0.159 e. The fraction of sp³-hybridized carbons (Fsp3) is 0.300. The lowest BCUT2D eigenvalue weighted by Gasteiger charge is -1.98. The molecule has 0 atom stereocenters. The van der Waals surface area contributed by atoms with Crippen molar-refractivity contribution < 1.29 is 0 Å². The average molecular weight is 194 g/mol. The molecule has 0 saturated carbocycles. The highest BCUT2D eigenvalue weighted by molar-refractivity contribution is 8.13. The van der Waals surface area contributed by atoms with Crippen LogP contribution >= 0.6 is 11.8 Å². The van der Waals surface area contributed by atoms with Gasteiger partial charge in [-0.25, -0.2) is 4.99 Å². The maximum atomic E-state index is 5.67. The van der Waals surface area contributed by atoms with Crippen LogP contribution in [0.1, 0.15) is 12.5 Å². The van der Waals surface area contributed by atoms with Crippen molar-refractivity contribution in [3.63, 3.8) is 0 Å². The van der Waals surface area contributed by atoms with Crippen molar-refractivity contribution in [1.29, 1.82) is 0 Å².